The van der Waals surface area contributed by atoms with Gasteiger partial charge in [0.05, 0.1) is 0 Å². The Labute approximate surface area is 240 Å². The Morgan fingerprint density at radius 3 is 1.98 bits per heavy atom. The van der Waals surface area contributed by atoms with Crippen LogP contribution >= 0.6 is 0 Å². The summed E-state index contributed by atoms with van der Waals surface area (Å²) in [4.78, 5) is 41.0. The van der Waals surface area contributed by atoms with Gasteiger partial charge in [0.25, 0.3) is 5.91 Å². The average Bonchev–Trinajstić information content (AvgIpc) is 2.94. The second kappa shape index (κ2) is 18.5. The zero-order valence-corrected chi connectivity index (χ0v) is 25.4. The number of hydrogen-bond acceptors (Lipinski definition) is 5. The lowest BCUT2D eigenvalue weighted by Gasteiger charge is -2.28. The molecule has 0 radical (unpaired) electrons. The lowest BCUT2D eigenvalue weighted by atomic mass is 9.98. The van der Waals surface area contributed by atoms with E-state index in [4.69, 9.17) is 9.52 Å². The number of carbonyl (C=O) groups excluding carboxylic acids is 1. The molecule has 224 valence electrons. The molecule has 40 heavy (non-hydrogen) atoms. The van der Waals surface area contributed by atoms with Gasteiger partial charge in [0.1, 0.15) is 11.1 Å². The van der Waals surface area contributed by atoms with E-state index in [2.05, 4.69) is 25.7 Å². The number of carboxylic acid groups (broad SMARTS) is 1. The van der Waals surface area contributed by atoms with Crippen molar-refractivity contribution in [3.8, 4) is 0 Å². The van der Waals surface area contributed by atoms with Crippen molar-refractivity contribution in [2.75, 3.05) is 25.0 Å². The molecule has 7 nitrogen and oxygen atoms in total. The van der Waals surface area contributed by atoms with Gasteiger partial charge in [-0.2, -0.15) is 0 Å². The number of nitrogens with zero attached hydrogens (tertiary/aromatic N) is 2. The molecule has 0 fully saturated rings. The predicted molar refractivity (Wildman–Crippen MR) is 164 cm³/mol. The molecule has 2 aromatic rings. The van der Waals surface area contributed by atoms with E-state index in [1.807, 2.05) is 25.2 Å². The number of benzene rings is 1. The molecule has 0 spiro atoms. The Kier molecular flexibility index (Phi) is 15.4. The number of rotatable bonds is 21. The zero-order chi connectivity index (χ0) is 29.3. The highest BCUT2D eigenvalue weighted by Crippen LogP contribution is 2.24. The second-order valence-corrected chi connectivity index (χ2v) is 11.0. The molecule has 0 saturated carbocycles. The molecular weight excluding hydrogens is 504 g/mol. The van der Waals surface area contributed by atoms with Crippen molar-refractivity contribution < 1.29 is 19.1 Å². The van der Waals surface area contributed by atoms with Crippen molar-refractivity contribution in [3.05, 3.63) is 40.2 Å². The van der Waals surface area contributed by atoms with Gasteiger partial charge in [-0.1, -0.05) is 77.6 Å². The van der Waals surface area contributed by atoms with E-state index in [-0.39, 0.29) is 23.9 Å². The normalized spacial score (nSPS) is 12.0. The third-order valence-corrected chi connectivity index (χ3v) is 8.02. The summed E-state index contributed by atoms with van der Waals surface area (Å²) in [5.74, 6) is -0.969. The Morgan fingerprint density at radius 2 is 1.40 bits per heavy atom. The summed E-state index contributed by atoms with van der Waals surface area (Å²) in [6.07, 6.45) is 15.2. The lowest BCUT2D eigenvalue weighted by Crippen LogP contribution is -2.39. The van der Waals surface area contributed by atoms with Crippen molar-refractivity contribution in [2.24, 2.45) is 0 Å². The number of fused-ring (bicyclic) bond motifs is 1. The van der Waals surface area contributed by atoms with Crippen molar-refractivity contribution in [2.45, 2.75) is 123 Å². The number of anilines is 1. The van der Waals surface area contributed by atoms with Crippen LogP contribution in [-0.4, -0.2) is 48.1 Å². The van der Waals surface area contributed by atoms with Gasteiger partial charge in [0.2, 0.25) is 0 Å². The molecule has 1 aromatic heterocycles. The monoisotopic (exact) mass is 556 g/mol. The quantitative estimate of drug-likeness (QED) is 0.124. The molecule has 0 saturated heterocycles. The Bertz CT molecular complexity index is 1090. The molecule has 2 rings (SSSR count). The maximum Gasteiger partial charge on any atom is 0.349 e. The van der Waals surface area contributed by atoms with E-state index in [1.54, 1.807) is 11.0 Å². The Morgan fingerprint density at radius 1 is 0.825 bits per heavy atom. The van der Waals surface area contributed by atoms with Crippen LogP contribution in [0.1, 0.15) is 127 Å². The minimum atomic E-state index is -0.710. The van der Waals surface area contributed by atoms with Crippen molar-refractivity contribution >= 4 is 28.5 Å². The largest absolute Gasteiger partial charge is 0.481 e. The molecule has 1 N–H and O–H groups in total. The van der Waals surface area contributed by atoms with Crippen LogP contribution in [0.5, 0.6) is 0 Å². The van der Waals surface area contributed by atoms with Gasteiger partial charge in [-0.05, 0) is 51.3 Å². The van der Waals surface area contributed by atoms with Crippen LogP contribution in [0.3, 0.4) is 0 Å². The number of carboxylic acids is 1. The molecular formula is C33H52N2O5. The Balaban J connectivity index is 1.99. The minimum absolute atomic E-state index is 0.0977. The second-order valence-electron chi connectivity index (χ2n) is 11.0. The molecule has 1 heterocycles. The smallest absolute Gasteiger partial charge is 0.349 e. The standard InChI is InChI=1S/C33H52N2O5/c1-5-8-9-16-19-27(20-17-14-12-10-11-13-15-18-21-31(36)37)34(4)32(38)29-24-26-22-23-28(35(6-2)7-3)25-30(26)40-33(29)39/h22-25,27H,5-21H2,1-4H3,(H,36,37). The average molecular weight is 557 g/mol. The predicted octanol–water partition coefficient (Wildman–Crippen LogP) is 8.04. The van der Waals surface area contributed by atoms with E-state index in [9.17, 15) is 14.4 Å². The first-order valence-corrected chi connectivity index (χ1v) is 15.6. The number of hydrogen-bond donors (Lipinski definition) is 1. The van der Waals surface area contributed by atoms with E-state index >= 15 is 0 Å². The first-order valence-electron chi connectivity index (χ1n) is 15.6. The van der Waals surface area contributed by atoms with Crippen LogP contribution in [0.2, 0.25) is 0 Å². The topological polar surface area (TPSA) is 91.1 Å². The summed E-state index contributed by atoms with van der Waals surface area (Å²) in [6.45, 7) is 8.11. The van der Waals surface area contributed by atoms with E-state index < -0.39 is 11.6 Å². The van der Waals surface area contributed by atoms with E-state index in [1.165, 1.54) is 12.8 Å². The number of carbonyl (C=O) groups is 2. The van der Waals surface area contributed by atoms with Gasteiger partial charge < -0.3 is 19.3 Å². The van der Waals surface area contributed by atoms with Crippen molar-refractivity contribution in [1.29, 1.82) is 0 Å². The third-order valence-electron chi connectivity index (χ3n) is 8.02. The molecule has 0 aliphatic heterocycles. The molecule has 0 aliphatic carbocycles. The van der Waals surface area contributed by atoms with Gasteiger partial charge in [-0.25, -0.2) is 4.79 Å². The fourth-order valence-corrected chi connectivity index (χ4v) is 5.45. The van der Waals surface area contributed by atoms with Crippen LogP contribution in [0, 0.1) is 0 Å². The summed E-state index contributed by atoms with van der Waals surface area (Å²) in [5, 5.41) is 9.49. The van der Waals surface area contributed by atoms with Gasteiger partial charge in [-0.3, -0.25) is 9.59 Å². The molecule has 1 unspecified atom stereocenters. The highest BCUT2D eigenvalue weighted by Gasteiger charge is 2.24. The van der Waals surface area contributed by atoms with E-state index in [0.717, 1.165) is 101 Å². The van der Waals surface area contributed by atoms with Gasteiger partial charge in [0.15, 0.2) is 0 Å². The molecule has 1 amide bonds. The zero-order valence-electron chi connectivity index (χ0n) is 25.4. The summed E-state index contributed by atoms with van der Waals surface area (Å²) in [5.41, 5.74) is 1.04. The molecule has 0 bridgehead atoms. The summed E-state index contributed by atoms with van der Waals surface area (Å²) >= 11 is 0. The van der Waals surface area contributed by atoms with Crippen LogP contribution < -0.4 is 10.5 Å². The SMILES string of the molecule is CCCCCCC(CCCCCCCCCCC(=O)O)N(C)C(=O)c1cc2ccc(N(CC)CC)cc2oc1=O. The summed E-state index contributed by atoms with van der Waals surface area (Å²) in [7, 11) is 1.83. The number of aliphatic carboxylic acids is 1. The molecule has 1 atom stereocenters. The fourth-order valence-electron chi connectivity index (χ4n) is 5.45. The van der Waals surface area contributed by atoms with E-state index in [0.29, 0.717) is 5.58 Å². The fraction of sp³-hybridized carbons (Fsp3) is 0.667. The van der Waals surface area contributed by atoms with Gasteiger partial charge in [-0.15, -0.1) is 0 Å². The number of amides is 1. The van der Waals surface area contributed by atoms with Crippen molar-refractivity contribution in [1.82, 2.24) is 4.90 Å². The molecule has 1 aromatic carbocycles. The van der Waals surface area contributed by atoms with Crippen LogP contribution in [0.25, 0.3) is 11.0 Å². The van der Waals surface area contributed by atoms with Crippen molar-refractivity contribution in [3.63, 3.8) is 0 Å². The first kappa shape index (κ1) is 33.4. The summed E-state index contributed by atoms with van der Waals surface area (Å²) in [6, 6.07) is 7.61. The minimum Gasteiger partial charge on any atom is -0.481 e. The van der Waals surface area contributed by atoms with Crippen LogP contribution in [0.15, 0.2) is 33.5 Å². The highest BCUT2D eigenvalue weighted by atomic mass is 16.4. The maximum atomic E-state index is 13.5. The first-order chi connectivity index (χ1) is 19.3. The third kappa shape index (κ3) is 11.0. The lowest BCUT2D eigenvalue weighted by molar-refractivity contribution is -0.137. The maximum absolute atomic E-state index is 13.5. The summed E-state index contributed by atoms with van der Waals surface area (Å²) < 4.78 is 5.65. The van der Waals surface area contributed by atoms with Gasteiger partial charge >= 0.3 is 11.6 Å². The number of unbranched alkanes of at least 4 members (excludes halogenated alkanes) is 10. The highest BCUT2D eigenvalue weighted by molar-refractivity contribution is 5.97. The van der Waals surface area contributed by atoms with Crippen LogP contribution in [0.4, 0.5) is 5.69 Å². The van der Waals surface area contributed by atoms with Crippen LogP contribution in [-0.2, 0) is 4.79 Å². The molecule has 0 aliphatic rings. The van der Waals surface area contributed by atoms with Gasteiger partial charge in [0, 0.05) is 49.7 Å². The molecule has 7 heteroatoms. The Hall–Kier alpha value is -2.83.